The van der Waals surface area contributed by atoms with Gasteiger partial charge in [0.1, 0.15) is 12.4 Å². The molecule has 1 fully saturated rings. The van der Waals surface area contributed by atoms with Gasteiger partial charge >= 0.3 is 6.03 Å². The summed E-state index contributed by atoms with van der Waals surface area (Å²) in [5, 5.41) is 2.77. The highest BCUT2D eigenvalue weighted by molar-refractivity contribution is 5.97. The molecule has 7 nitrogen and oxygen atoms in total. The molecule has 148 valence electrons. The second-order valence-electron chi connectivity index (χ2n) is 6.56. The number of carbonyl (C=O) groups is 2. The van der Waals surface area contributed by atoms with Gasteiger partial charge in [-0.3, -0.25) is 9.69 Å². The summed E-state index contributed by atoms with van der Waals surface area (Å²) >= 11 is 0. The van der Waals surface area contributed by atoms with Gasteiger partial charge in [-0.2, -0.15) is 0 Å². The predicted molar refractivity (Wildman–Crippen MR) is 108 cm³/mol. The molecule has 1 aliphatic rings. The minimum Gasteiger partial charge on any atom is -0.495 e. The Balaban J connectivity index is 1.82. The number of nitrogens with zero attached hydrogens (tertiary/aromatic N) is 2. The van der Waals surface area contributed by atoms with Crippen LogP contribution in [0.3, 0.4) is 0 Å². The minimum absolute atomic E-state index is 0.0329. The first-order chi connectivity index (χ1) is 13.6. The summed E-state index contributed by atoms with van der Waals surface area (Å²) in [6, 6.07) is 15.1. The molecular formula is C21H25N3O4. The van der Waals surface area contributed by atoms with Crippen LogP contribution in [0, 0.1) is 0 Å². The SMILES string of the molecule is COCC(=O)Nc1ccc(OC)c(N2CCCN(Cc3ccccc3)C2=O)c1. The van der Waals surface area contributed by atoms with Gasteiger partial charge < -0.3 is 19.7 Å². The van der Waals surface area contributed by atoms with Gasteiger partial charge in [-0.15, -0.1) is 0 Å². The highest BCUT2D eigenvalue weighted by atomic mass is 16.5. The molecule has 7 heteroatoms. The summed E-state index contributed by atoms with van der Waals surface area (Å²) in [6.45, 7) is 1.82. The maximum atomic E-state index is 13.1. The molecule has 1 heterocycles. The molecule has 0 spiro atoms. The number of ether oxygens (including phenoxy) is 2. The molecule has 3 amide bonds. The van der Waals surface area contributed by atoms with Gasteiger partial charge in [0.2, 0.25) is 5.91 Å². The molecule has 0 bridgehead atoms. The second kappa shape index (κ2) is 9.23. The Morgan fingerprint density at radius 2 is 1.89 bits per heavy atom. The lowest BCUT2D eigenvalue weighted by Crippen LogP contribution is -2.49. The van der Waals surface area contributed by atoms with E-state index in [0.29, 0.717) is 36.8 Å². The van der Waals surface area contributed by atoms with Crippen LogP contribution in [0.4, 0.5) is 16.2 Å². The Bertz CT molecular complexity index is 826. The molecule has 0 saturated carbocycles. The predicted octanol–water partition coefficient (Wildman–Crippen LogP) is 3.11. The average Bonchev–Trinajstić information content (AvgIpc) is 2.70. The van der Waals surface area contributed by atoms with E-state index in [0.717, 1.165) is 12.0 Å². The van der Waals surface area contributed by atoms with Crippen molar-refractivity contribution in [1.82, 2.24) is 4.90 Å². The number of nitrogens with one attached hydrogen (secondary N) is 1. The molecule has 2 aromatic rings. The normalized spacial score (nSPS) is 14.1. The molecular weight excluding hydrogens is 358 g/mol. The number of carbonyl (C=O) groups excluding carboxylic acids is 2. The number of benzene rings is 2. The van der Waals surface area contributed by atoms with E-state index in [-0.39, 0.29) is 18.5 Å². The van der Waals surface area contributed by atoms with Crippen LogP contribution in [-0.4, -0.2) is 50.8 Å². The van der Waals surface area contributed by atoms with Crippen LogP contribution in [-0.2, 0) is 16.1 Å². The van der Waals surface area contributed by atoms with Gasteiger partial charge in [0.05, 0.1) is 12.8 Å². The summed E-state index contributed by atoms with van der Waals surface area (Å²) in [7, 11) is 3.03. The van der Waals surface area contributed by atoms with Crippen LogP contribution in [0.2, 0.25) is 0 Å². The number of amides is 3. The van der Waals surface area contributed by atoms with E-state index in [2.05, 4.69) is 5.32 Å². The van der Waals surface area contributed by atoms with Crippen molar-refractivity contribution in [2.45, 2.75) is 13.0 Å². The molecule has 0 atom stereocenters. The van der Waals surface area contributed by atoms with E-state index in [9.17, 15) is 9.59 Å². The van der Waals surface area contributed by atoms with E-state index < -0.39 is 0 Å². The molecule has 3 rings (SSSR count). The van der Waals surface area contributed by atoms with Gasteiger partial charge in [-0.1, -0.05) is 30.3 Å². The van der Waals surface area contributed by atoms with Gasteiger partial charge in [-0.05, 0) is 30.2 Å². The first-order valence-corrected chi connectivity index (χ1v) is 9.19. The van der Waals surface area contributed by atoms with Crippen LogP contribution in [0.1, 0.15) is 12.0 Å². The summed E-state index contributed by atoms with van der Waals surface area (Å²) in [5.74, 6) is 0.328. The lowest BCUT2D eigenvalue weighted by Gasteiger charge is -2.36. The van der Waals surface area contributed by atoms with Crippen molar-refractivity contribution in [2.24, 2.45) is 0 Å². The number of hydrogen-bond donors (Lipinski definition) is 1. The summed E-state index contributed by atoms with van der Waals surface area (Å²) in [5.41, 5.74) is 2.32. The molecule has 2 aromatic carbocycles. The van der Waals surface area contributed by atoms with Crippen LogP contribution in [0.5, 0.6) is 5.75 Å². The van der Waals surface area contributed by atoms with Gasteiger partial charge in [0.15, 0.2) is 0 Å². The third-order valence-corrected chi connectivity index (χ3v) is 4.56. The van der Waals surface area contributed by atoms with Gasteiger partial charge in [0.25, 0.3) is 0 Å². The highest BCUT2D eigenvalue weighted by Crippen LogP contribution is 2.33. The molecule has 0 unspecified atom stereocenters. The van der Waals surface area contributed by atoms with Crippen LogP contribution >= 0.6 is 0 Å². The largest absolute Gasteiger partial charge is 0.495 e. The molecule has 0 aromatic heterocycles. The number of methoxy groups -OCH3 is 2. The molecule has 1 aliphatic heterocycles. The summed E-state index contributed by atoms with van der Waals surface area (Å²) < 4.78 is 10.3. The van der Waals surface area contributed by atoms with E-state index in [1.807, 2.05) is 35.2 Å². The first kappa shape index (κ1) is 19.7. The fourth-order valence-corrected chi connectivity index (χ4v) is 3.26. The van der Waals surface area contributed by atoms with Crippen LogP contribution in [0.25, 0.3) is 0 Å². The van der Waals surface area contributed by atoms with Crippen molar-refractivity contribution < 1.29 is 19.1 Å². The first-order valence-electron chi connectivity index (χ1n) is 9.19. The molecule has 0 aliphatic carbocycles. The van der Waals surface area contributed by atoms with E-state index in [4.69, 9.17) is 9.47 Å². The van der Waals surface area contributed by atoms with Crippen molar-refractivity contribution in [3.63, 3.8) is 0 Å². The Labute approximate surface area is 164 Å². The fourth-order valence-electron chi connectivity index (χ4n) is 3.26. The standard InChI is InChI=1S/C21H25N3O4/c1-27-15-20(25)22-17-9-10-19(28-2)18(13-17)24-12-6-11-23(21(24)26)14-16-7-4-3-5-8-16/h3-5,7-10,13H,6,11-12,14-15H2,1-2H3,(H,22,25). The Morgan fingerprint density at radius 3 is 2.61 bits per heavy atom. The number of urea groups is 1. The monoisotopic (exact) mass is 383 g/mol. The highest BCUT2D eigenvalue weighted by Gasteiger charge is 2.29. The van der Waals surface area contributed by atoms with E-state index >= 15 is 0 Å². The van der Waals surface area contributed by atoms with Crippen LogP contribution < -0.4 is 15.0 Å². The molecule has 1 saturated heterocycles. The Morgan fingerprint density at radius 1 is 1.11 bits per heavy atom. The van der Waals surface area contributed by atoms with E-state index in [1.165, 1.54) is 7.11 Å². The second-order valence-corrected chi connectivity index (χ2v) is 6.56. The lowest BCUT2D eigenvalue weighted by atomic mass is 10.1. The lowest BCUT2D eigenvalue weighted by molar-refractivity contribution is -0.119. The quantitative estimate of drug-likeness (QED) is 0.798. The molecule has 28 heavy (non-hydrogen) atoms. The zero-order valence-electron chi connectivity index (χ0n) is 16.2. The average molecular weight is 383 g/mol. The topological polar surface area (TPSA) is 71.1 Å². The summed E-state index contributed by atoms with van der Waals surface area (Å²) in [6.07, 6.45) is 0.849. The zero-order chi connectivity index (χ0) is 19.9. The zero-order valence-corrected chi connectivity index (χ0v) is 16.2. The number of anilines is 2. The van der Waals surface area contributed by atoms with Crippen molar-refractivity contribution in [1.29, 1.82) is 0 Å². The van der Waals surface area contributed by atoms with E-state index in [1.54, 1.807) is 30.2 Å². The van der Waals surface area contributed by atoms with Crippen molar-refractivity contribution in [3.05, 3.63) is 54.1 Å². The fraction of sp³-hybridized carbons (Fsp3) is 0.333. The Hall–Kier alpha value is -3.06. The number of rotatable bonds is 7. The molecule has 1 N–H and O–H groups in total. The van der Waals surface area contributed by atoms with Crippen LogP contribution in [0.15, 0.2) is 48.5 Å². The van der Waals surface area contributed by atoms with Gasteiger partial charge in [-0.25, -0.2) is 4.79 Å². The molecule has 0 radical (unpaired) electrons. The third-order valence-electron chi connectivity index (χ3n) is 4.56. The van der Waals surface area contributed by atoms with Crippen molar-refractivity contribution >= 4 is 23.3 Å². The van der Waals surface area contributed by atoms with Crippen molar-refractivity contribution in [2.75, 3.05) is 44.1 Å². The smallest absolute Gasteiger partial charge is 0.324 e. The maximum absolute atomic E-state index is 13.1. The maximum Gasteiger partial charge on any atom is 0.324 e. The third kappa shape index (κ3) is 4.61. The summed E-state index contributed by atoms with van der Waals surface area (Å²) in [4.78, 5) is 28.5. The number of hydrogen-bond acceptors (Lipinski definition) is 4. The Kier molecular flexibility index (Phi) is 6.49. The van der Waals surface area contributed by atoms with Gasteiger partial charge in [0, 0.05) is 32.4 Å². The minimum atomic E-state index is -0.255. The van der Waals surface area contributed by atoms with Crippen molar-refractivity contribution in [3.8, 4) is 5.75 Å².